The number of hydrogen-bond donors (Lipinski definition) is 1. The molecule has 1 unspecified atom stereocenters. The fraction of sp³-hybridized carbons (Fsp3) is 0.818. The Morgan fingerprint density at radius 1 is 0.293 bits per heavy atom. The van der Waals surface area contributed by atoms with Crippen LogP contribution in [-0.2, 0) is 19.1 Å². The van der Waals surface area contributed by atoms with Crippen molar-refractivity contribution in [3.8, 4) is 0 Å². The Kier molecular flexibility index (Phi) is 70.2. The Morgan fingerprint density at radius 2 is 0.524 bits per heavy atom. The zero-order valence-corrected chi connectivity index (χ0v) is 55.0. The van der Waals surface area contributed by atoms with Gasteiger partial charge >= 0.3 is 11.9 Å². The van der Waals surface area contributed by atoms with E-state index in [2.05, 4.69) is 86.8 Å². The molecule has 0 radical (unpaired) electrons. The van der Waals surface area contributed by atoms with E-state index in [4.69, 9.17) is 9.47 Å². The molecule has 0 saturated heterocycles. The molecule has 0 saturated carbocycles. The zero-order valence-electron chi connectivity index (χ0n) is 55.0. The molecule has 0 aliphatic rings. The van der Waals surface area contributed by atoms with Gasteiger partial charge in [0.1, 0.15) is 6.61 Å². The third kappa shape index (κ3) is 69.8. The molecule has 5 heteroatoms. The Morgan fingerprint density at radius 3 is 0.793 bits per heavy atom. The molecule has 0 aromatic carbocycles. The molecule has 0 aliphatic carbocycles. The van der Waals surface area contributed by atoms with Crippen LogP contribution in [0.25, 0.3) is 0 Å². The van der Waals surface area contributed by atoms with Crippen molar-refractivity contribution in [1.82, 2.24) is 0 Å². The lowest BCUT2D eigenvalue weighted by molar-refractivity contribution is -0.161. The van der Waals surface area contributed by atoms with E-state index >= 15 is 0 Å². The van der Waals surface area contributed by atoms with Gasteiger partial charge < -0.3 is 14.6 Å². The van der Waals surface area contributed by atoms with Crippen molar-refractivity contribution in [2.75, 3.05) is 13.2 Å². The fourth-order valence-corrected chi connectivity index (χ4v) is 11.1. The second-order valence-corrected chi connectivity index (χ2v) is 24.7. The van der Waals surface area contributed by atoms with E-state index in [1.54, 1.807) is 0 Å². The van der Waals surface area contributed by atoms with E-state index in [0.717, 1.165) is 70.6 Å². The van der Waals surface area contributed by atoms with E-state index in [-0.39, 0.29) is 25.2 Å². The van der Waals surface area contributed by atoms with Gasteiger partial charge in [-0.15, -0.1) is 0 Å². The van der Waals surface area contributed by atoms with E-state index in [1.807, 2.05) is 0 Å². The van der Waals surface area contributed by atoms with Gasteiger partial charge in [-0.25, -0.2) is 0 Å². The first-order chi connectivity index (χ1) is 40.6. The van der Waals surface area contributed by atoms with Crippen LogP contribution >= 0.6 is 0 Å². The quantitative estimate of drug-likeness (QED) is 0.0373. The van der Waals surface area contributed by atoms with Crippen LogP contribution < -0.4 is 0 Å². The van der Waals surface area contributed by atoms with Crippen LogP contribution in [-0.4, -0.2) is 36.4 Å². The van der Waals surface area contributed by atoms with Gasteiger partial charge in [0.05, 0.1) is 6.61 Å². The molecule has 5 nitrogen and oxygen atoms in total. The summed E-state index contributed by atoms with van der Waals surface area (Å²) < 4.78 is 10.8. The molecule has 0 aromatic rings. The predicted octanol–water partition coefficient (Wildman–Crippen LogP) is 25.4. The Bertz CT molecular complexity index is 1440. The van der Waals surface area contributed by atoms with Crippen molar-refractivity contribution in [1.29, 1.82) is 0 Å². The standard InChI is InChI=1S/C77H140O5/c1-3-5-7-9-11-13-15-17-19-21-23-25-27-29-31-33-35-36-37-38-39-40-42-44-46-48-50-52-54-56-58-60-62-64-66-68-70-72-77(80)82-75(73-78)74-81-76(79)71-69-67-65-63-61-59-57-55-53-51-49-47-45-43-41-34-32-30-28-26-24-22-20-18-16-14-12-10-8-6-4-2/h5,7,11,13,17,19,23,25,29,31,35-36,75,78H,3-4,6,8-10,12,14-16,18,20-22,24,26-28,30,32-34,37-74H2,1-2H3/b7-5-,13-11-,19-17-,25-23-,31-29-,36-35-. The molecule has 0 heterocycles. The van der Waals surface area contributed by atoms with Crippen LogP contribution in [0.1, 0.15) is 386 Å². The van der Waals surface area contributed by atoms with Crippen molar-refractivity contribution in [2.24, 2.45) is 0 Å². The second kappa shape index (κ2) is 72.6. The number of unbranched alkanes of at least 4 members (excludes halogenated alkanes) is 48. The normalized spacial score (nSPS) is 12.6. The Balaban J connectivity index is 3.41. The maximum Gasteiger partial charge on any atom is 0.306 e. The summed E-state index contributed by atoms with van der Waals surface area (Å²) in [4.78, 5) is 24.7. The first-order valence-corrected chi connectivity index (χ1v) is 36.5. The van der Waals surface area contributed by atoms with Gasteiger partial charge in [0.2, 0.25) is 0 Å². The first kappa shape index (κ1) is 79.3. The molecule has 0 amide bonds. The summed E-state index contributed by atoms with van der Waals surface area (Å²) in [6.45, 7) is 4.08. The van der Waals surface area contributed by atoms with E-state index in [0.29, 0.717) is 12.8 Å². The summed E-state index contributed by atoms with van der Waals surface area (Å²) in [7, 11) is 0. The van der Waals surface area contributed by atoms with E-state index in [1.165, 1.54) is 289 Å². The molecule has 1 atom stereocenters. The van der Waals surface area contributed by atoms with Crippen LogP contribution in [0.2, 0.25) is 0 Å². The van der Waals surface area contributed by atoms with Crippen molar-refractivity contribution < 1.29 is 24.2 Å². The molecular formula is C77H140O5. The van der Waals surface area contributed by atoms with Crippen LogP contribution in [0, 0.1) is 0 Å². The minimum atomic E-state index is -0.772. The average molecular weight is 1150 g/mol. The van der Waals surface area contributed by atoms with Gasteiger partial charge in [0, 0.05) is 12.8 Å². The number of carbonyl (C=O) groups excluding carboxylic acids is 2. The van der Waals surface area contributed by atoms with Crippen molar-refractivity contribution in [2.45, 2.75) is 392 Å². The third-order valence-electron chi connectivity index (χ3n) is 16.5. The highest BCUT2D eigenvalue weighted by Gasteiger charge is 2.16. The summed E-state index contributed by atoms with van der Waals surface area (Å²) >= 11 is 0. The smallest absolute Gasteiger partial charge is 0.306 e. The molecule has 0 aromatic heterocycles. The van der Waals surface area contributed by atoms with Gasteiger partial charge in [-0.3, -0.25) is 9.59 Å². The van der Waals surface area contributed by atoms with Crippen molar-refractivity contribution >= 4 is 11.9 Å². The van der Waals surface area contributed by atoms with Crippen LogP contribution in [0.4, 0.5) is 0 Å². The lowest BCUT2D eigenvalue weighted by atomic mass is 10.0. The zero-order chi connectivity index (χ0) is 59.1. The Labute approximate surface area is 512 Å². The Hall–Kier alpha value is -2.66. The molecule has 0 aliphatic heterocycles. The first-order valence-electron chi connectivity index (χ1n) is 36.5. The summed E-state index contributed by atoms with van der Waals surface area (Å²) in [6, 6.07) is 0. The predicted molar refractivity (Wildman–Crippen MR) is 362 cm³/mol. The SMILES string of the molecule is CC/C=C\C/C=C\C/C=C\C/C=C\C/C=C\C/C=C\CCCCCCCCCCCCCCCCCCCCC(=O)OC(CO)COC(=O)CCCCCCCCCCCCCCCCCCCCCCCCCCCCCCCCC. The number of allylic oxidation sites excluding steroid dienone is 12. The number of aliphatic hydroxyl groups is 1. The number of carbonyl (C=O) groups is 2. The van der Waals surface area contributed by atoms with Crippen LogP contribution in [0.5, 0.6) is 0 Å². The number of hydrogen-bond acceptors (Lipinski definition) is 5. The maximum atomic E-state index is 12.4. The lowest BCUT2D eigenvalue weighted by Gasteiger charge is -2.15. The van der Waals surface area contributed by atoms with Gasteiger partial charge in [-0.1, -0.05) is 382 Å². The number of esters is 2. The van der Waals surface area contributed by atoms with E-state index < -0.39 is 6.10 Å². The van der Waals surface area contributed by atoms with Gasteiger partial charge in [-0.2, -0.15) is 0 Å². The molecular weight excluding hydrogens is 1000 g/mol. The summed E-state index contributed by atoms with van der Waals surface area (Å²) in [6.07, 6.45) is 101. The molecule has 0 fully saturated rings. The number of ether oxygens (including phenoxy) is 2. The number of rotatable bonds is 68. The summed E-state index contributed by atoms with van der Waals surface area (Å²) in [5.74, 6) is -0.569. The molecule has 0 bridgehead atoms. The minimum Gasteiger partial charge on any atom is -0.462 e. The molecule has 0 rings (SSSR count). The maximum absolute atomic E-state index is 12.4. The highest BCUT2D eigenvalue weighted by Crippen LogP contribution is 2.19. The number of aliphatic hydroxyl groups excluding tert-OH is 1. The molecule has 82 heavy (non-hydrogen) atoms. The highest BCUT2D eigenvalue weighted by molar-refractivity contribution is 5.70. The van der Waals surface area contributed by atoms with Gasteiger partial charge in [0.15, 0.2) is 6.10 Å². The lowest BCUT2D eigenvalue weighted by Crippen LogP contribution is -2.28. The molecule has 1 N–H and O–H groups in total. The average Bonchev–Trinajstić information content (AvgIpc) is 3.49. The second-order valence-electron chi connectivity index (χ2n) is 24.7. The van der Waals surface area contributed by atoms with Gasteiger partial charge in [-0.05, 0) is 64.2 Å². The van der Waals surface area contributed by atoms with Crippen molar-refractivity contribution in [3.63, 3.8) is 0 Å². The monoisotopic (exact) mass is 1150 g/mol. The van der Waals surface area contributed by atoms with Crippen LogP contribution in [0.3, 0.4) is 0 Å². The van der Waals surface area contributed by atoms with Crippen molar-refractivity contribution in [3.05, 3.63) is 72.9 Å². The highest BCUT2D eigenvalue weighted by atomic mass is 16.6. The summed E-state index contributed by atoms with van der Waals surface area (Å²) in [5, 5.41) is 9.71. The minimum absolute atomic E-state index is 0.0611. The summed E-state index contributed by atoms with van der Waals surface area (Å²) in [5.41, 5.74) is 0. The largest absolute Gasteiger partial charge is 0.462 e. The van der Waals surface area contributed by atoms with E-state index in [9.17, 15) is 14.7 Å². The van der Waals surface area contributed by atoms with Gasteiger partial charge in [0.25, 0.3) is 0 Å². The van der Waals surface area contributed by atoms with Crippen LogP contribution in [0.15, 0.2) is 72.9 Å². The molecule has 0 spiro atoms. The fourth-order valence-electron chi connectivity index (χ4n) is 11.1. The molecule has 478 valence electrons. The third-order valence-corrected chi connectivity index (χ3v) is 16.5. The topological polar surface area (TPSA) is 72.8 Å².